The lowest BCUT2D eigenvalue weighted by atomic mass is 9.92. The van der Waals surface area contributed by atoms with Crippen LogP contribution in [0.1, 0.15) is 82.9 Å². The number of non-ortho nitro benzene ring substituents is 2. The summed E-state index contributed by atoms with van der Waals surface area (Å²) in [4.78, 5) is 134. The van der Waals surface area contributed by atoms with Gasteiger partial charge in [-0.1, -0.05) is 48.5 Å². The number of nitro benzene ring substituents is 2. The van der Waals surface area contributed by atoms with Gasteiger partial charge in [0.15, 0.2) is 0 Å². The van der Waals surface area contributed by atoms with Crippen molar-refractivity contribution in [1.82, 2.24) is 31.1 Å². The van der Waals surface area contributed by atoms with Crippen molar-refractivity contribution in [3.8, 4) is 0 Å². The lowest BCUT2D eigenvalue weighted by Gasteiger charge is -2.28. The molecule has 0 radical (unpaired) electrons. The second-order valence-electron chi connectivity index (χ2n) is 17.3. The van der Waals surface area contributed by atoms with Gasteiger partial charge < -0.3 is 21.3 Å². The van der Waals surface area contributed by atoms with E-state index in [0.29, 0.717) is 27.3 Å². The molecule has 0 saturated carbocycles. The number of carbonyl (C=O) groups excluding carboxylic acids is 8. The number of nitrogens with zero attached hydrogens (tertiary/aromatic N) is 5. The van der Waals surface area contributed by atoms with Crippen LogP contribution in [0.25, 0.3) is 32.3 Å². The SMILES string of the molecule is Cl.Cl.O=C(NCCNCCN1C(=O)c2cc3ccccc3cc2C1=O)c1cc(C(=O)NCCNCCN2C(=O)c3cccc4cc([N+](=O)[O-])cc(c34)C2=O)cc(N2C(=O)c3cccc4cc([N+](=O)[O-])cc(c34)C2=O)c1. The summed E-state index contributed by atoms with van der Waals surface area (Å²) in [6.45, 7) is 0.541. The maximum Gasteiger partial charge on any atom is 0.270 e. The van der Waals surface area contributed by atoms with Crippen molar-refractivity contribution >= 4 is 121 Å². The topological polar surface area (TPSA) is 281 Å². The summed E-state index contributed by atoms with van der Waals surface area (Å²) >= 11 is 0. The lowest BCUT2D eigenvalue weighted by Crippen LogP contribution is -2.44. The van der Waals surface area contributed by atoms with E-state index in [1.807, 2.05) is 24.3 Å². The summed E-state index contributed by atoms with van der Waals surface area (Å²) in [7, 11) is 0. The molecule has 0 spiro atoms. The van der Waals surface area contributed by atoms with E-state index >= 15 is 0 Å². The number of hydrogen-bond acceptors (Lipinski definition) is 14. The average molecular weight is 1050 g/mol. The molecule has 380 valence electrons. The Morgan fingerprint density at radius 2 is 0.827 bits per heavy atom. The molecule has 0 saturated heterocycles. The highest BCUT2D eigenvalue weighted by molar-refractivity contribution is 6.36. The van der Waals surface area contributed by atoms with Gasteiger partial charge in [-0.3, -0.25) is 68.4 Å². The molecule has 0 unspecified atom stereocenters. The van der Waals surface area contributed by atoms with Crippen LogP contribution in [0.4, 0.5) is 17.1 Å². The molecule has 3 heterocycles. The van der Waals surface area contributed by atoms with Gasteiger partial charge >= 0.3 is 0 Å². The van der Waals surface area contributed by atoms with Crippen LogP contribution in [0, 0.1) is 20.2 Å². The number of nitro groups is 2. The first-order chi connectivity index (χ1) is 35.2. The van der Waals surface area contributed by atoms with Crippen LogP contribution in [-0.4, -0.2) is 119 Å². The highest BCUT2D eigenvalue weighted by Gasteiger charge is 2.38. The summed E-state index contributed by atoms with van der Waals surface area (Å²) < 4.78 is 0. The summed E-state index contributed by atoms with van der Waals surface area (Å²) in [5, 5.41) is 37.9. The van der Waals surface area contributed by atoms with Crippen LogP contribution in [-0.2, 0) is 0 Å². The molecule has 23 heteroatoms. The van der Waals surface area contributed by atoms with E-state index in [4.69, 9.17) is 0 Å². The number of amides is 8. The number of rotatable bonds is 17. The number of hydrogen-bond donors (Lipinski definition) is 4. The third-order valence-electron chi connectivity index (χ3n) is 12.9. The number of fused-ring (bicyclic) bond motifs is 2. The monoisotopic (exact) mass is 1050 g/mol. The first-order valence-electron chi connectivity index (χ1n) is 22.9. The van der Waals surface area contributed by atoms with Gasteiger partial charge in [-0.25, -0.2) is 4.90 Å². The largest absolute Gasteiger partial charge is 0.351 e. The van der Waals surface area contributed by atoms with Crippen LogP contribution < -0.4 is 26.2 Å². The Morgan fingerprint density at radius 1 is 0.427 bits per heavy atom. The Bertz CT molecular complexity index is 3610. The molecule has 21 nitrogen and oxygen atoms in total. The van der Waals surface area contributed by atoms with Crippen molar-refractivity contribution in [3.05, 3.63) is 180 Å². The van der Waals surface area contributed by atoms with E-state index < -0.39 is 62.8 Å². The second-order valence-corrected chi connectivity index (χ2v) is 17.3. The van der Waals surface area contributed by atoms with Gasteiger partial charge in [-0.05, 0) is 64.0 Å². The summed E-state index contributed by atoms with van der Waals surface area (Å²) in [5.74, 6) is -5.23. The van der Waals surface area contributed by atoms with E-state index in [2.05, 4.69) is 21.3 Å². The zero-order chi connectivity index (χ0) is 51.2. The average Bonchev–Trinajstić information content (AvgIpc) is 3.63. The Kier molecular flexibility index (Phi) is 14.8. The van der Waals surface area contributed by atoms with Crippen LogP contribution in [0.3, 0.4) is 0 Å². The number of carbonyl (C=O) groups is 8. The van der Waals surface area contributed by atoms with E-state index in [9.17, 15) is 58.6 Å². The Morgan fingerprint density at radius 3 is 1.29 bits per heavy atom. The molecule has 0 bridgehead atoms. The number of benzene rings is 7. The standard InChI is InChI=1S/C52H39N9O12.2ClH/c62-45(55-13-11-53-15-17-57-47(64)37-9-3-7-30-20-35(60(70)71)26-41(43(30)37)50(57)67)32-19-33(23-34(22-32)59-51(68)38-10-4-8-31-21-36(61(72)73)27-42(44(31)38)52(59)69)46(63)56-14-12-54-16-18-58-48(65)39-24-28-5-1-2-6-29(28)25-40(39)49(58)66;;/h1-10,19-27,53-54H,11-18H2,(H,55,62)(H,56,63);2*1H. The molecule has 3 aliphatic heterocycles. The van der Waals surface area contributed by atoms with E-state index in [1.54, 1.807) is 30.3 Å². The predicted molar refractivity (Wildman–Crippen MR) is 278 cm³/mol. The third kappa shape index (κ3) is 9.59. The summed E-state index contributed by atoms with van der Waals surface area (Å²) in [5.41, 5.74) is -0.296. The zero-order valence-electron chi connectivity index (χ0n) is 39.1. The minimum absolute atomic E-state index is 0. The molecule has 75 heavy (non-hydrogen) atoms. The van der Waals surface area contributed by atoms with E-state index in [1.165, 1.54) is 48.5 Å². The highest BCUT2D eigenvalue weighted by Crippen LogP contribution is 2.37. The number of nitrogens with one attached hydrogen (secondary N) is 4. The molecule has 0 atom stereocenters. The van der Waals surface area contributed by atoms with Gasteiger partial charge in [0.25, 0.3) is 58.6 Å². The fraction of sp³-hybridized carbons (Fsp3) is 0.154. The Labute approximate surface area is 436 Å². The molecule has 3 aliphatic rings. The molecule has 0 aliphatic carbocycles. The fourth-order valence-electron chi connectivity index (χ4n) is 9.43. The van der Waals surface area contributed by atoms with Gasteiger partial charge in [0, 0.05) is 110 Å². The Hall–Kier alpha value is -9.02. The van der Waals surface area contributed by atoms with Crippen LogP contribution in [0.15, 0.2) is 115 Å². The van der Waals surface area contributed by atoms with Gasteiger partial charge in [0.05, 0.1) is 37.8 Å². The molecular formula is C52H41Cl2N9O12. The first-order valence-corrected chi connectivity index (χ1v) is 22.9. The van der Waals surface area contributed by atoms with Crippen molar-refractivity contribution < 1.29 is 48.2 Å². The van der Waals surface area contributed by atoms with Crippen molar-refractivity contribution in [1.29, 1.82) is 0 Å². The van der Waals surface area contributed by atoms with Crippen molar-refractivity contribution in [2.45, 2.75) is 0 Å². The second kappa shape index (κ2) is 21.2. The van der Waals surface area contributed by atoms with E-state index in [-0.39, 0.29) is 127 Å². The molecule has 7 aromatic carbocycles. The molecule has 4 N–H and O–H groups in total. The minimum Gasteiger partial charge on any atom is -0.351 e. The zero-order valence-corrected chi connectivity index (χ0v) is 40.7. The maximum atomic E-state index is 14.2. The number of anilines is 1. The van der Waals surface area contributed by atoms with Gasteiger partial charge in [0.1, 0.15) is 0 Å². The lowest BCUT2D eigenvalue weighted by molar-refractivity contribution is -0.384. The maximum absolute atomic E-state index is 14.2. The third-order valence-corrected chi connectivity index (χ3v) is 12.9. The first kappa shape index (κ1) is 52.3. The van der Waals surface area contributed by atoms with Crippen molar-refractivity contribution in [3.63, 3.8) is 0 Å². The quantitative estimate of drug-likeness (QED) is 0.0361. The summed E-state index contributed by atoms with van der Waals surface area (Å²) in [6.07, 6.45) is 0. The Balaban J connectivity index is 0.00000374. The highest BCUT2D eigenvalue weighted by atomic mass is 35.5. The van der Waals surface area contributed by atoms with Crippen LogP contribution >= 0.6 is 24.8 Å². The van der Waals surface area contributed by atoms with Gasteiger partial charge in [-0.2, -0.15) is 0 Å². The minimum atomic E-state index is -0.926. The smallest absolute Gasteiger partial charge is 0.270 e. The normalized spacial score (nSPS) is 13.5. The molecule has 7 aromatic rings. The number of halogens is 2. The molecule has 0 fully saturated rings. The van der Waals surface area contributed by atoms with E-state index in [0.717, 1.165) is 37.6 Å². The van der Waals surface area contributed by atoms with Crippen molar-refractivity contribution in [2.24, 2.45) is 0 Å². The molecule has 8 amide bonds. The van der Waals surface area contributed by atoms with Crippen LogP contribution in [0.5, 0.6) is 0 Å². The molecular weight excluding hydrogens is 1010 g/mol. The molecule has 10 rings (SSSR count). The number of imide groups is 3. The fourth-order valence-corrected chi connectivity index (χ4v) is 9.43. The predicted octanol–water partition coefficient (Wildman–Crippen LogP) is 5.84. The van der Waals surface area contributed by atoms with Gasteiger partial charge in [0.2, 0.25) is 0 Å². The van der Waals surface area contributed by atoms with Gasteiger partial charge in [-0.15, -0.1) is 24.8 Å². The summed E-state index contributed by atoms with van der Waals surface area (Å²) in [6, 6.07) is 28.5. The molecule has 0 aromatic heterocycles. The van der Waals surface area contributed by atoms with Crippen molar-refractivity contribution in [2.75, 3.05) is 57.3 Å². The van der Waals surface area contributed by atoms with Crippen LogP contribution in [0.2, 0.25) is 0 Å².